The lowest BCUT2D eigenvalue weighted by Gasteiger charge is -2.34. The summed E-state index contributed by atoms with van der Waals surface area (Å²) in [5, 5.41) is 15.3. The molecule has 0 radical (unpaired) electrons. The first-order valence-electron chi connectivity index (χ1n) is 8.09. The molecule has 25 heavy (non-hydrogen) atoms. The molecule has 1 atom stereocenters. The lowest BCUT2D eigenvalue weighted by molar-refractivity contribution is -0.167. The summed E-state index contributed by atoms with van der Waals surface area (Å²) in [4.78, 5) is 16.3. The van der Waals surface area contributed by atoms with Gasteiger partial charge in [0.15, 0.2) is 0 Å². The number of nitrogens with zero attached hydrogens (tertiary/aromatic N) is 3. The van der Waals surface area contributed by atoms with Crippen molar-refractivity contribution in [3.8, 4) is 5.75 Å². The summed E-state index contributed by atoms with van der Waals surface area (Å²) in [6.07, 6.45) is 3.82. The third kappa shape index (κ3) is 3.48. The molecule has 2 aromatic rings. The van der Waals surface area contributed by atoms with E-state index in [4.69, 9.17) is 9.47 Å². The molecule has 1 aromatic carbocycles. The fourth-order valence-electron chi connectivity index (χ4n) is 2.90. The third-order valence-corrected chi connectivity index (χ3v) is 4.49. The fourth-order valence-corrected chi connectivity index (χ4v) is 2.90. The number of benzene rings is 1. The van der Waals surface area contributed by atoms with E-state index in [1.54, 1.807) is 6.92 Å². The first-order valence-corrected chi connectivity index (χ1v) is 8.09. The van der Waals surface area contributed by atoms with Crippen LogP contribution in [0.5, 0.6) is 5.75 Å². The molecular weight excluding hydrogens is 329 g/mol. The Balaban J connectivity index is 1.81. The van der Waals surface area contributed by atoms with Gasteiger partial charge in [-0.3, -0.25) is 4.79 Å². The molecule has 0 spiro atoms. The predicted molar refractivity (Wildman–Crippen MR) is 85.2 cm³/mol. The number of carbonyl (C=O) groups excluding carboxylic acids is 1. The summed E-state index contributed by atoms with van der Waals surface area (Å²) in [5.41, 5.74) is -2.56. The van der Waals surface area contributed by atoms with Gasteiger partial charge in [0, 0.05) is 0 Å². The Hall–Kier alpha value is -2.48. The second kappa shape index (κ2) is 6.79. The molecule has 1 unspecified atom stereocenters. The largest absolute Gasteiger partial charge is 0.490 e. The number of halogens is 1. The number of rotatable bonds is 8. The number of aromatic nitrogens is 3. The minimum Gasteiger partial charge on any atom is -0.490 e. The van der Waals surface area contributed by atoms with Crippen molar-refractivity contribution in [2.75, 3.05) is 13.2 Å². The summed E-state index contributed by atoms with van der Waals surface area (Å²) in [6.45, 7) is 1.84. The van der Waals surface area contributed by atoms with E-state index in [0.717, 1.165) is 0 Å². The summed E-state index contributed by atoms with van der Waals surface area (Å²) in [5.74, 6) is -0.422. The highest BCUT2D eigenvalue weighted by Crippen LogP contribution is 2.55. The quantitative estimate of drug-likeness (QED) is 0.728. The van der Waals surface area contributed by atoms with Crippen LogP contribution in [0.1, 0.15) is 19.8 Å². The summed E-state index contributed by atoms with van der Waals surface area (Å²) in [6, 6.07) is 5.47. The minimum absolute atomic E-state index is 0.0347. The number of hydrogen-bond acceptors (Lipinski definition) is 6. The normalized spacial score (nSPS) is 17.6. The van der Waals surface area contributed by atoms with E-state index in [1.165, 1.54) is 41.6 Å². The monoisotopic (exact) mass is 349 g/mol. The van der Waals surface area contributed by atoms with Crippen molar-refractivity contribution in [3.63, 3.8) is 0 Å². The molecule has 1 aliphatic rings. The van der Waals surface area contributed by atoms with Crippen LogP contribution >= 0.6 is 0 Å². The van der Waals surface area contributed by atoms with Crippen LogP contribution in [0.2, 0.25) is 0 Å². The van der Waals surface area contributed by atoms with Gasteiger partial charge in [0.25, 0.3) is 0 Å². The maximum atomic E-state index is 13.0. The topological polar surface area (TPSA) is 86.5 Å². The van der Waals surface area contributed by atoms with Gasteiger partial charge in [0.1, 0.15) is 41.8 Å². The molecule has 1 aromatic heterocycles. The van der Waals surface area contributed by atoms with E-state index in [9.17, 15) is 14.3 Å². The van der Waals surface area contributed by atoms with Crippen LogP contribution in [0.25, 0.3) is 0 Å². The maximum absolute atomic E-state index is 13.0. The smallest absolute Gasteiger partial charge is 0.315 e. The Bertz CT molecular complexity index is 716. The van der Waals surface area contributed by atoms with E-state index >= 15 is 0 Å². The van der Waals surface area contributed by atoms with Crippen LogP contribution in [-0.4, -0.2) is 44.7 Å². The molecule has 0 amide bonds. The summed E-state index contributed by atoms with van der Waals surface area (Å²) >= 11 is 0. The van der Waals surface area contributed by atoms with Crippen molar-refractivity contribution in [1.82, 2.24) is 14.8 Å². The van der Waals surface area contributed by atoms with Crippen molar-refractivity contribution >= 4 is 5.97 Å². The molecule has 0 aliphatic heterocycles. The van der Waals surface area contributed by atoms with Gasteiger partial charge in [0.05, 0.1) is 13.2 Å². The third-order valence-electron chi connectivity index (χ3n) is 4.49. The van der Waals surface area contributed by atoms with Crippen molar-refractivity contribution in [2.24, 2.45) is 5.41 Å². The molecule has 1 heterocycles. The fraction of sp³-hybridized carbons (Fsp3) is 0.471. The highest BCUT2D eigenvalue weighted by molar-refractivity contribution is 5.81. The highest BCUT2D eigenvalue weighted by Gasteiger charge is 2.66. The number of aliphatic hydroxyl groups is 1. The second-order valence-electron chi connectivity index (χ2n) is 6.17. The Labute approximate surface area is 144 Å². The summed E-state index contributed by atoms with van der Waals surface area (Å²) in [7, 11) is 0. The molecule has 134 valence electrons. The van der Waals surface area contributed by atoms with Crippen molar-refractivity contribution < 1.29 is 23.8 Å². The molecule has 0 saturated heterocycles. The lowest BCUT2D eigenvalue weighted by atomic mass is 9.84. The summed E-state index contributed by atoms with van der Waals surface area (Å²) < 4.78 is 25.3. The number of ether oxygens (including phenoxy) is 2. The highest BCUT2D eigenvalue weighted by atomic mass is 19.1. The first-order chi connectivity index (χ1) is 12.0. The number of hydrogen-bond donors (Lipinski definition) is 1. The second-order valence-corrected chi connectivity index (χ2v) is 6.17. The number of carbonyl (C=O) groups is 1. The molecule has 7 nitrogen and oxygen atoms in total. The van der Waals surface area contributed by atoms with Gasteiger partial charge < -0.3 is 14.6 Å². The Kier molecular flexibility index (Phi) is 4.71. The molecule has 1 fully saturated rings. The molecule has 3 rings (SSSR count). The SMILES string of the molecule is CCOC(=O)C1(C(O)(COc2ccc(F)cc2)Cn2cncn2)CC1. The lowest BCUT2D eigenvalue weighted by Crippen LogP contribution is -2.52. The van der Waals surface area contributed by atoms with Crippen molar-refractivity contribution in [3.05, 3.63) is 42.7 Å². The molecule has 1 N–H and O–H groups in total. The van der Waals surface area contributed by atoms with Gasteiger partial charge in [-0.15, -0.1) is 0 Å². The minimum atomic E-state index is -1.53. The van der Waals surface area contributed by atoms with E-state index < -0.39 is 17.0 Å². The van der Waals surface area contributed by atoms with Crippen LogP contribution in [-0.2, 0) is 16.1 Å². The average molecular weight is 349 g/mol. The molecule has 0 bridgehead atoms. The standard InChI is InChI=1S/C17H20FN3O4/c1-2-24-15(22)16(7-8-16)17(23,9-21-12-19-11-20-21)10-25-14-5-3-13(18)4-6-14/h3-6,11-12,23H,2,7-10H2,1H3. The van der Waals surface area contributed by atoms with Crippen LogP contribution in [0.4, 0.5) is 4.39 Å². The van der Waals surface area contributed by atoms with Crippen LogP contribution < -0.4 is 4.74 Å². The maximum Gasteiger partial charge on any atom is 0.315 e. The molecule has 8 heteroatoms. The molecule has 1 saturated carbocycles. The van der Waals surface area contributed by atoms with E-state index in [2.05, 4.69) is 10.1 Å². The Morgan fingerprint density at radius 2 is 2.12 bits per heavy atom. The predicted octanol–water partition coefficient (Wildman–Crippen LogP) is 1.57. The van der Waals surface area contributed by atoms with Gasteiger partial charge in [-0.25, -0.2) is 14.1 Å². The zero-order valence-corrected chi connectivity index (χ0v) is 13.9. The van der Waals surface area contributed by atoms with Gasteiger partial charge in [-0.05, 0) is 44.0 Å². The van der Waals surface area contributed by atoms with Crippen molar-refractivity contribution in [2.45, 2.75) is 31.9 Å². The zero-order valence-electron chi connectivity index (χ0n) is 13.9. The molecular formula is C17H20FN3O4. The van der Waals surface area contributed by atoms with Gasteiger partial charge in [-0.2, -0.15) is 5.10 Å². The molecule has 1 aliphatic carbocycles. The van der Waals surface area contributed by atoms with E-state index in [-0.39, 0.29) is 25.6 Å². The van der Waals surface area contributed by atoms with Gasteiger partial charge >= 0.3 is 5.97 Å². The number of esters is 1. The zero-order chi connectivity index (χ0) is 17.9. The first kappa shape index (κ1) is 17.3. The van der Waals surface area contributed by atoms with Gasteiger partial charge in [-0.1, -0.05) is 0 Å². The van der Waals surface area contributed by atoms with Gasteiger partial charge in [0.2, 0.25) is 0 Å². The van der Waals surface area contributed by atoms with Crippen LogP contribution in [0.15, 0.2) is 36.9 Å². The Morgan fingerprint density at radius 1 is 1.40 bits per heavy atom. The van der Waals surface area contributed by atoms with Crippen LogP contribution in [0.3, 0.4) is 0 Å². The van der Waals surface area contributed by atoms with E-state index in [1.807, 2.05) is 0 Å². The average Bonchev–Trinajstić information content (AvgIpc) is 3.28. The van der Waals surface area contributed by atoms with E-state index in [0.29, 0.717) is 18.6 Å². The van der Waals surface area contributed by atoms with Crippen LogP contribution in [0, 0.1) is 11.2 Å². The van der Waals surface area contributed by atoms with Crippen molar-refractivity contribution in [1.29, 1.82) is 0 Å². The Morgan fingerprint density at radius 3 is 2.68 bits per heavy atom.